The number of nitrogens with zero attached hydrogens (tertiary/aromatic N) is 2. The Kier molecular flexibility index (Phi) is 10.2. The van der Waals surface area contributed by atoms with Crippen molar-refractivity contribution in [3.63, 3.8) is 0 Å². The molecule has 0 bridgehead atoms. The number of carbonyl (C=O) groups excluding carboxylic acids is 3. The summed E-state index contributed by atoms with van der Waals surface area (Å²) in [7, 11) is 0.545. The predicted octanol–water partition coefficient (Wildman–Crippen LogP) is 4.86. The molecule has 2 unspecified atom stereocenters. The number of rotatable bonds is 10. The quantitative estimate of drug-likeness (QED) is 0.282. The Labute approximate surface area is 266 Å². The lowest BCUT2D eigenvalue weighted by Crippen LogP contribution is -2.38. The first-order valence-electron chi connectivity index (χ1n) is 14.5. The summed E-state index contributed by atoms with van der Waals surface area (Å²) in [5.74, 6) is -3.00. The minimum atomic E-state index is -3.84. The number of nitrogens with two attached hydrogens (primary N) is 1. The number of ether oxygens (including phenoxy) is 1. The molecule has 1 saturated heterocycles. The van der Waals surface area contributed by atoms with E-state index in [2.05, 4.69) is 10.6 Å². The third-order valence-corrected chi connectivity index (χ3v) is 10.0. The number of amides is 4. The summed E-state index contributed by atoms with van der Waals surface area (Å²) < 4.78 is 61.6. The van der Waals surface area contributed by atoms with Crippen LogP contribution in [0.1, 0.15) is 60.3 Å². The fourth-order valence-corrected chi connectivity index (χ4v) is 6.53. The van der Waals surface area contributed by atoms with Gasteiger partial charge in [-0.15, -0.1) is 0 Å². The largest absolute Gasteiger partial charge is 0.494 e. The number of urea groups is 1. The van der Waals surface area contributed by atoms with Crippen LogP contribution in [0, 0.1) is 11.6 Å². The average Bonchev–Trinajstić information content (AvgIpc) is 3.50. The molecule has 14 heteroatoms. The Bertz CT molecular complexity index is 1770. The van der Waals surface area contributed by atoms with Crippen molar-refractivity contribution in [2.45, 2.75) is 48.9 Å². The standard InChI is InChI=1S/C32H37F2N5O6S/c1-18(2)46(43,44)28-13-10-21(36-32(42)38(3)4)17-22(28)26-7-6-14-39(26)31(41)29(19-8-12-24(34)27(16-19)45-5)37-25-15-20(30(35)40)9-11-23(25)33/h8-13,15-18,26,29,37H,6-7,14H2,1-5H3,(H2,35,40)(H,36,42). The van der Waals surface area contributed by atoms with Crippen molar-refractivity contribution in [3.05, 3.63) is 82.9 Å². The first-order valence-corrected chi connectivity index (χ1v) is 16.1. The van der Waals surface area contributed by atoms with Crippen LogP contribution in [0.3, 0.4) is 0 Å². The highest BCUT2D eigenvalue weighted by atomic mass is 32.2. The van der Waals surface area contributed by atoms with Crippen molar-refractivity contribution < 1.29 is 36.3 Å². The van der Waals surface area contributed by atoms with Gasteiger partial charge in [0.1, 0.15) is 11.9 Å². The van der Waals surface area contributed by atoms with Gasteiger partial charge in [0.15, 0.2) is 21.4 Å². The van der Waals surface area contributed by atoms with E-state index in [1.807, 2.05) is 0 Å². The molecule has 2 atom stereocenters. The normalized spacial score (nSPS) is 15.4. The van der Waals surface area contributed by atoms with E-state index in [9.17, 15) is 27.2 Å². The maximum Gasteiger partial charge on any atom is 0.321 e. The predicted molar refractivity (Wildman–Crippen MR) is 169 cm³/mol. The Morgan fingerprint density at radius 3 is 2.35 bits per heavy atom. The number of benzene rings is 3. The zero-order valence-electron chi connectivity index (χ0n) is 26.1. The lowest BCUT2D eigenvalue weighted by atomic mass is 10.0. The molecule has 0 aliphatic carbocycles. The van der Waals surface area contributed by atoms with Gasteiger partial charge in [0.25, 0.3) is 0 Å². The Morgan fingerprint density at radius 2 is 1.72 bits per heavy atom. The highest BCUT2D eigenvalue weighted by Crippen LogP contribution is 2.40. The molecule has 0 radical (unpaired) electrons. The fourth-order valence-electron chi connectivity index (χ4n) is 5.24. The molecular weight excluding hydrogens is 620 g/mol. The number of likely N-dealkylation sites (tertiary alicyclic amines) is 1. The Balaban J connectivity index is 1.84. The van der Waals surface area contributed by atoms with Gasteiger partial charge >= 0.3 is 6.03 Å². The first kappa shape index (κ1) is 34.2. The van der Waals surface area contributed by atoms with Crippen molar-refractivity contribution in [1.29, 1.82) is 0 Å². The number of hydrogen-bond donors (Lipinski definition) is 3. The molecular formula is C32H37F2N5O6S. The van der Waals surface area contributed by atoms with E-state index in [4.69, 9.17) is 10.5 Å². The molecule has 46 heavy (non-hydrogen) atoms. The zero-order chi connectivity index (χ0) is 33.9. The van der Waals surface area contributed by atoms with E-state index < -0.39 is 56.7 Å². The summed E-state index contributed by atoms with van der Waals surface area (Å²) in [4.78, 5) is 41.6. The smallest absolute Gasteiger partial charge is 0.321 e. The minimum Gasteiger partial charge on any atom is -0.494 e. The maximum absolute atomic E-state index is 15.0. The summed E-state index contributed by atoms with van der Waals surface area (Å²) in [6.45, 7) is 3.32. The summed E-state index contributed by atoms with van der Waals surface area (Å²) in [5, 5.41) is 4.81. The van der Waals surface area contributed by atoms with Gasteiger partial charge in [0, 0.05) is 31.9 Å². The third-order valence-electron chi connectivity index (χ3n) is 7.80. The average molecular weight is 658 g/mol. The second-order valence-corrected chi connectivity index (χ2v) is 13.9. The molecule has 3 aromatic carbocycles. The zero-order valence-corrected chi connectivity index (χ0v) is 27.0. The van der Waals surface area contributed by atoms with Crippen LogP contribution >= 0.6 is 0 Å². The van der Waals surface area contributed by atoms with Crippen molar-refractivity contribution >= 4 is 39.1 Å². The molecule has 1 aliphatic heterocycles. The SMILES string of the molecule is COc1cc(C(Nc2cc(C(N)=O)ccc2F)C(=O)N2CCCC2c2cc(NC(=O)N(C)C)ccc2S(=O)(=O)C(C)C)ccc1F. The number of sulfone groups is 1. The molecule has 4 N–H and O–H groups in total. The van der Waals surface area contributed by atoms with E-state index in [-0.39, 0.29) is 34.0 Å². The van der Waals surface area contributed by atoms with Crippen LogP contribution in [0.4, 0.5) is 25.0 Å². The molecule has 0 saturated carbocycles. The molecule has 4 rings (SSSR count). The van der Waals surface area contributed by atoms with Gasteiger partial charge in [-0.25, -0.2) is 22.0 Å². The van der Waals surface area contributed by atoms with Crippen LogP contribution in [0.5, 0.6) is 5.75 Å². The highest BCUT2D eigenvalue weighted by Gasteiger charge is 2.38. The van der Waals surface area contributed by atoms with Crippen molar-refractivity contribution in [2.24, 2.45) is 5.73 Å². The van der Waals surface area contributed by atoms with Crippen molar-refractivity contribution in [3.8, 4) is 5.75 Å². The van der Waals surface area contributed by atoms with Crippen molar-refractivity contribution in [2.75, 3.05) is 38.4 Å². The number of primary amides is 1. The number of carbonyl (C=O) groups is 3. The van der Waals surface area contributed by atoms with Gasteiger partial charge in [-0.2, -0.15) is 0 Å². The lowest BCUT2D eigenvalue weighted by molar-refractivity contribution is -0.133. The lowest BCUT2D eigenvalue weighted by Gasteiger charge is -2.32. The molecule has 1 heterocycles. The van der Waals surface area contributed by atoms with Gasteiger partial charge in [-0.05, 0) is 86.3 Å². The highest BCUT2D eigenvalue weighted by molar-refractivity contribution is 7.92. The van der Waals surface area contributed by atoms with Gasteiger partial charge in [0.05, 0.1) is 29.0 Å². The molecule has 0 spiro atoms. The third kappa shape index (κ3) is 7.06. The number of nitrogens with one attached hydrogen (secondary N) is 2. The van der Waals surface area contributed by atoms with E-state index in [0.29, 0.717) is 24.1 Å². The summed E-state index contributed by atoms with van der Waals surface area (Å²) in [6, 6.07) is 9.12. The van der Waals surface area contributed by atoms with Crippen LogP contribution < -0.4 is 21.1 Å². The van der Waals surface area contributed by atoms with E-state index >= 15 is 4.39 Å². The molecule has 1 aliphatic rings. The van der Waals surface area contributed by atoms with E-state index in [0.717, 1.165) is 12.1 Å². The number of hydrogen-bond acceptors (Lipinski definition) is 7. The molecule has 246 valence electrons. The van der Waals surface area contributed by atoms with Crippen LogP contribution in [-0.4, -0.2) is 69.1 Å². The Morgan fingerprint density at radius 1 is 1.02 bits per heavy atom. The maximum atomic E-state index is 15.0. The minimum absolute atomic E-state index is 0.00838. The summed E-state index contributed by atoms with van der Waals surface area (Å²) in [5.41, 5.74) is 6.06. The topological polar surface area (TPSA) is 151 Å². The first-order chi connectivity index (χ1) is 21.6. The second-order valence-electron chi connectivity index (χ2n) is 11.4. The van der Waals surface area contributed by atoms with E-state index in [1.165, 1.54) is 53.3 Å². The van der Waals surface area contributed by atoms with Crippen LogP contribution in [-0.2, 0) is 14.6 Å². The number of methoxy groups -OCH3 is 1. The molecule has 3 aromatic rings. The Hall–Kier alpha value is -4.72. The van der Waals surface area contributed by atoms with Gasteiger partial charge < -0.3 is 30.9 Å². The molecule has 0 aromatic heterocycles. The van der Waals surface area contributed by atoms with E-state index in [1.54, 1.807) is 34.0 Å². The van der Waals surface area contributed by atoms with Gasteiger partial charge in [-0.1, -0.05) is 6.07 Å². The van der Waals surface area contributed by atoms with Crippen LogP contribution in [0.15, 0.2) is 59.5 Å². The van der Waals surface area contributed by atoms with Gasteiger partial charge in [-0.3, -0.25) is 9.59 Å². The number of halogens is 2. The number of anilines is 2. The monoisotopic (exact) mass is 657 g/mol. The summed E-state index contributed by atoms with van der Waals surface area (Å²) in [6.07, 6.45) is 0.902. The fraction of sp³-hybridized carbons (Fsp3) is 0.344. The van der Waals surface area contributed by atoms with Crippen LogP contribution in [0.25, 0.3) is 0 Å². The molecule has 4 amide bonds. The second kappa shape index (κ2) is 13.7. The van der Waals surface area contributed by atoms with Gasteiger partial charge in [0.2, 0.25) is 11.8 Å². The molecule has 1 fully saturated rings. The summed E-state index contributed by atoms with van der Waals surface area (Å²) >= 11 is 0. The van der Waals surface area contributed by atoms with Crippen molar-refractivity contribution in [1.82, 2.24) is 9.80 Å². The van der Waals surface area contributed by atoms with Crippen LogP contribution in [0.2, 0.25) is 0 Å². The molecule has 11 nitrogen and oxygen atoms in total.